The molecule has 3 N–H and O–H groups in total. The maximum atomic E-state index is 12.3. The van der Waals surface area contributed by atoms with Crippen molar-refractivity contribution in [2.45, 2.75) is 32.4 Å². The summed E-state index contributed by atoms with van der Waals surface area (Å²) in [7, 11) is 0. The third kappa shape index (κ3) is 5.03. The predicted molar refractivity (Wildman–Crippen MR) is 104 cm³/mol. The van der Waals surface area contributed by atoms with E-state index in [0.29, 0.717) is 51.1 Å². The van der Waals surface area contributed by atoms with Crippen molar-refractivity contribution < 1.29 is 9.59 Å². The molecule has 1 aliphatic heterocycles. The minimum atomic E-state index is -0.194. The number of carbonyl (C=O) groups is 2. The molecule has 0 bridgehead atoms. The van der Waals surface area contributed by atoms with Crippen LogP contribution in [0.15, 0.2) is 29.6 Å². The summed E-state index contributed by atoms with van der Waals surface area (Å²) in [6, 6.07) is 8.13. The molecule has 0 unspecified atom stereocenters. The summed E-state index contributed by atoms with van der Waals surface area (Å²) >= 11 is 1.44. The molecule has 0 saturated carbocycles. The Morgan fingerprint density at radius 2 is 1.92 bits per heavy atom. The second-order valence-electron chi connectivity index (χ2n) is 6.04. The van der Waals surface area contributed by atoms with E-state index in [1.165, 1.54) is 22.5 Å². The number of aromatic nitrogens is 1. The molecule has 2 aromatic rings. The van der Waals surface area contributed by atoms with Gasteiger partial charge in [-0.3, -0.25) is 9.59 Å². The normalized spacial score (nSPS) is 12.4. The molecule has 0 spiro atoms. The van der Waals surface area contributed by atoms with Crippen LogP contribution >= 0.6 is 23.7 Å². The van der Waals surface area contributed by atoms with Gasteiger partial charge in [0, 0.05) is 37.9 Å². The molecule has 2 amide bonds. The molecule has 1 aromatic carbocycles. The van der Waals surface area contributed by atoms with Crippen molar-refractivity contribution >= 4 is 35.6 Å². The Hall–Kier alpha value is -1.96. The number of hydrogen-bond donors (Lipinski definition) is 2. The van der Waals surface area contributed by atoms with E-state index in [-0.39, 0.29) is 24.2 Å². The standard InChI is InChI=1S/C18H22N4O2S.ClH/c19-8-7-16-21-15(12-25-16)18(24)20-9-3-6-17(23)22-10-13-4-1-2-5-14(13)11-22;/h1-2,4-5,12H,3,6-11,19H2,(H,20,24);1H. The molecule has 1 aromatic heterocycles. The molecule has 140 valence electrons. The van der Waals surface area contributed by atoms with Crippen LogP contribution in [-0.4, -0.2) is 34.8 Å². The number of amides is 2. The molecule has 8 heteroatoms. The monoisotopic (exact) mass is 394 g/mol. The highest BCUT2D eigenvalue weighted by Crippen LogP contribution is 2.22. The van der Waals surface area contributed by atoms with Gasteiger partial charge in [0.15, 0.2) is 0 Å². The van der Waals surface area contributed by atoms with Crippen LogP contribution in [0.25, 0.3) is 0 Å². The molecule has 6 nitrogen and oxygen atoms in total. The maximum Gasteiger partial charge on any atom is 0.270 e. The summed E-state index contributed by atoms with van der Waals surface area (Å²) in [4.78, 5) is 30.4. The van der Waals surface area contributed by atoms with Gasteiger partial charge in [0.1, 0.15) is 5.69 Å². The fourth-order valence-electron chi connectivity index (χ4n) is 2.85. The van der Waals surface area contributed by atoms with E-state index in [9.17, 15) is 9.59 Å². The van der Waals surface area contributed by atoms with Crippen LogP contribution in [0, 0.1) is 0 Å². The first-order chi connectivity index (χ1) is 12.2. The van der Waals surface area contributed by atoms with Gasteiger partial charge in [-0.05, 0) is 24.1 Å². The van der Waals surface area contributed by atoms with E-state index >= 15 is 0 Å². The number of halogens is 1. The molecule has 0 saturated heterocycles. The molecule has 0 fully saturated rings. The summed E-state index contributed by atoms with van der Waals surface area (Å²) in [6.45, 7) is 2.36. The van der Waals surface area contributed by atoms with E-state index in [2.05, 4.69) is 22.4 Å². The Bertz CT molecular complexity index is 740. The maximum absolute atomic E-state index is 12.3. The van der Waals surface area contributed by atoms with Gasteiger partial charge in [-0.25, -0.2) is 4.98 Å². The van der Waals surface area contributed by atoms with E-state index in [1.54, 1.807) is 5.38 Å². The lowest BCUT2D eigenvalue weighted by molar-refractivity contribution is -0.131. The molecule has 0 radical (unpaired) electrons. The largest absolute Gasteiger partial charge is 0.351 e. The molecular weight excluding hydrogens is 372 g/mol. The summed E-state index contributed by atoms with van der Waals surface area (Å²) in [5, 5.41) is 5.44. The Kier molecular flexibility index (Phi) is 7.56. The SMILES string of the molecule is Cl.NCCc1nc(C(=O)NCCCC(=O)N2Cc3ccccc3C2)cs1. The quantitative estimate of drug-likeness (QED) is 0.704. The van der Waals surface area contributed by atoms with E-state index in [0.717, 1.165) is 5.01 Å². The molecule has 0 atom stereocenters. The Morgan fingerprint density at radius 1 is 1.23 bits per heavy atom. The van der Waals surface area contributed by atoms with Crippen molar-refractivity contribution in [1.82, 2.24) is 15.2 Å². The highest BCUT2D eigenvalue weighted by atomic mass is 35.5. The fraction of sp³-hybridized carbons (Fsp3) is 0.389. The van der Waals surface area contributed by atoms with Gasteiger partial charge < -0.3 is 16.0 Å². The van der Waals surface area contributed by atoms with Crippen LogP contribution in [0.5, 0.6) is 0 Å². The summed E-state index contributed by atoms with van der Waals surface area (Å²) in [6.07, 6.45) is 1.74. The zero-order valence-corrected chi connectivity index (χ0v) is 16.1. The van der Waals surface area contributed by atoms with Crippen molar-refractivity contribution in [3.63, 3.8) is 0 Å². The highest BCUT2D eigenvalue weighted by Gasteiger charge is 2.22. The third-order valence-corrected chi connectivity index (χ3v) is 5.10. The first-order valence-electron chi connectivity index (χ1n) is 8.44. The van der Waals surface area contributed by atoms with Gasteiger partial charge in [-0.15, -0.1) is 23.7 Å². The molecular formula is C18H23ClN4O2S. The molecule has 26 heavy (non-hydrogen) atoms. The fourth-order valence-corrected chi connectivity index (χ4v) is 3.65. The lowest BCUT2D eigenvalue weighted by Gasteiger charge is -2.15. The van der Waals surface area contributed by atoms with Crippen molar-refractivity contribution in [2.75, 3.05) is 13.1 Å². The second-order valence-corrected chi connectivity index (χ2v) is 6.99. The van der Waals surface area contributed by atoms with Crippen molar-refractivity contribution in [3.8, 4) is 0 Å². The van der Waals surface area contributed by atoms with Gasteiger partial charge in [0.2, 0.25) is 5.91 Å². The van der Waals surface area contributed by atoms with Crippen LogP contribution in [0.2, 0.25) is 0 Å². The summed E-state index contributed by atoms with van der Waals surface area (Å²) in [5.74, 6) is -0.0649. The van der Waals surface area contributed by atoms with Crippen LogP contribution in [0.1, 0.15) is 39.5 Å². The molecule has 0 aliphatic carbocycles. The second kappa shape index (κ2) is 9.66. The lowest BCUT2D eigenvalue weighted by Crippen LogP contribution is -2.28. The number of thiazole rings is 1. The van der Waals surface area contributed by atoms with Crippen molar-refractivity contribution in [3.05, 3.63) is 51.5 Å². The summed E-state index contributed by atoms with van der Waals surface area (Å²) < 4.78 is 0. The zero-order chi connectivity index (χ0) is 17.6. The van der Waals surface area contributed by atoms with Crippen LogP contribution in [0.4, 0.5) is 0 Å². The van der Waals surface area contributed by atoms with E-state index in [1.807, 2.05) is 17.0 Å². The first-order valence-corrected chi connectivity index (χ1v) is 9.32. The van der Waals surface area contributed by atoms with E-state index in [4.69, 9.17) is 5.73 Å². The third-order valence-electron chi connectivity index (χ3n) is 4.19. The number of benzene rings is 1. The number of carbonyl (C=O) groups excluding carboxylic acids is 2. The number of fused-ring (bicyclic) bond motifs is 1. The minimum Gasteiger partial charge on any atom is -0.351 e. The number of rotatable bonds is 7. The topological polar surface area (TPSA) is 88.3 Å². The average molecular weight is 395 g/mol. The van der Waals surface area contributed by atoms with Gasteiger partial charge in [-0.2, -0.15) is 0 Å². The molecule has 3 rings (SSSR count). The smallest absolute Gasteiger partial charge is 0.270 e. The lowest BCUT2D eigenvalue weighted by atomic mass is 10.1. The van der Waals surface area contributed by atoms with Crippen molar-refractivity contribution in [1.29, 1.82) is 0 Å². The average Bonchev–Trinajstić information content (AvgIpc) is 3.25. The number of nitrogens with two attached hydrogens (primary N) is 1. The van der Waals surface area contributed by atoms with Gasteiger partial charge >= 0.3 is 0 Å². The highest BCUT2D eigenvalue weighted by molar-refractivity contribution is 7.09. The zero-order valence-electron chi connectivity index (χ0n) is 14.4. The summed E-state index contributed by atoms with van der Waals surface area (Å²) in [5.41, 5.74) is 8.35. The van der Waals surface area contributed by atoms with Crippen LogP contribution < -0.4 is 11.1 Å². The van der Waals surface area contributed by atoms with E-state index < -0.39 is 0 Å². The number of nitrogens with one attached hydrogen (secondary N) is 1. The Morgan fingerprint density at radius 3 is 2.58 bits per heavy atom. The molecule has 1 aliphatic rings. The predicted octanol–water partition coefficient (Wildman–Crippen LogP) is 2.12. The van der Waals surface area contributed by atoms with Crippen LogP contribution in [0.3, 0.4) is 0 Å². The van der Waals surface area contributed by atoms with Gasteiger partial charge in [-0.1, -0.05) is 24.3 Å². The van der Waals surface area contributed by atoms with Gasteiger partial charge in [0.05, 0.1) is 5.01 Å². The Balaban J connectivity index is 0.00000243. The number of hydrogen-bond acceptors (Lipinski definition) is 5. The molecule has 2 heterocycles. The van der Waals surface area contributed by atoms with Crippen LogP contribution in [-0.2, 0) is 24.3 Å². The number of nitrogens with zero attached hydrogens (tertiary/aromatic N) is 2. The Labute approximate surface area is 163 Å². The first kappa shape index (κ1) is 20.4. The van der Waals surface area contributed by atoms with Crippen molar-refractivity contribution in [2.24, 2.45) is 5.73 Å². The van der Waals surface area contributed by atoms with Gasteiger partial charge in [0.25, 0.3) is 5.91 Å². The minimum absolute atomic E-state index is 0.